The van der Waals surface area contributed by atoms with Crippen LogP contribution in [-0.4, -0.2) is 30.9 Å². The van der Waals surface area contributed by atoms with Crippen LogP contribution in [-0.2, 0) is 14.8 Å². The van der Waals surface area contributed by atoms with Crippen LogP contribution in [0.25, 0.3) is 0 Å². The number of hydrogen-bond donors (Lipinski definition) is 2. The smallest absolute Gasteiger partial charge is 0.264 e. The molecule has 0 unspecified atom stereocenters. The second-order valence-corrected chi connectivity index (χ2v) is 8.45. The lowest BCUT2D eigenvalue weighted by Crippen LogP contribution is -2.21. The summed E-state index contributed by atoms with van der Waals surface area (Å²) in [6.07, 6.45) is 2.87. The van der Waals surface area contributed by atoms with E-state index in [0.29, 0.717) is 11.4 Å². The van der Waals surface area contributed by atoms with Gasteiger partial charge in [0, 0.05) is 18.1 Å². The topological polar surface area (TPSA) is 110 Å². The molecule has 156 valence electrons. The number of aromatic nitrogens is 2. The first-order valence-corrected chi connectivity index (χ1v) is 10.6. The maximum Gasteiger partial charge on any atom is 0.264 e. The first-order chi connectivity index (χ1) is 14.2. The number of ether oxygens (including phenoxy) is 1. The number of hydrogen-bond acceptors (Lipinski definition) is 6. The Kier molecular flexibility index (Phi) is 6.31. The molecular weight excluding hydrogens is 404 g/mol. The second-order valence-electron chi connectivity index (χ2n) is 6.77. The molecule has 2 N–H and O–H groups in total. The predicted molar refractivity (Wildman–Crippen MR) is 114 cm³/mol. The average molecular weight is 426 g/mol. The van der Waals surface area contributed by atoms with Crippen molar-refractivity contribution < 1.29 is 17.9 Å². The van der Waals surface area contributed by atoms with Crippen LogP contribution < -0.4 is 14.8 Å². The molecule has 0 fully saturated rings. The van der Waals surface area contributed by atoms with Gasteiger partial charge in [-0.1, -0.05) is 17.7 Å². The first kappa shape index (κ1) is 21.3. The van der Waals surface area contributed by atoms with E-state index in [0.717, 1.165) is 16.7 Å². The van der Waals surface area contributed by atoms with Crippen LogP contribution in [0.4, 0.5) is 11.6 Å². The number of aryl methyl sites for hydroxylation is 3. The summed E-state index contributed by atoms with van der Waals surface area (Å²) in [6, 6.07) is 11.3. The minimum absolute atomic E-state index is 0.0197. The minimum atomic E-state index is -3.83. The van der Waals surface area contributed by atoms with Crippen LogP contribution in [0.2, 0.25) is 0 Å². The molecule has 0 aliphatic heterocycles. The van der Waals surface area contributed by atoms with E-state index in [2.05, 4.69) is 20.0 Å². The molecule has 2 aromatic carbocycles. The number of anilines is 2. The molecule has 8 nitrogen and oxygen atoms in total. The zero-order chi connectivity index (χ0) is 21.7. The second kappa shape index (κ2) is 8.91. The van der Waals surface area contributed by atoms with Gasteiger partial charge in [0.05, 0.1) is 4.90 Å². The Morgan fingerprint density at radius 1 is 1.00 bits per heavy atom. The number of carbonyl (C=O) groups is 1. The normalized spacial score (nSPS) is 11.0. The van der Waals surface area contributed by atoms with Gasteiger partial charge in [0.1, 0.15) is 5.75 Å². The quantitative estimate of drug-likeness (QED) is 0.600. The van der Waals surface area contributed by atoms with Crippen molar-refractivity contribution in [1.82, 2.24) is 9.97 Å². The van der Waals surface area contributed by atoms with Crippen molar-refractivity contribution in [3.8, 4) is 5.75 Å². The van der Waals surface area contributed by atoms with Crippen molar-refractivity contribution in [3.63, 3.8) is 0 Å². The van der Waals surface area contributed by atoms with E-state index in [1.165, 1.54) is 36.7 Å². The van der Waals surface area contributed by atoms with Crippen molar-refractivity contribution >= 4 is 27.6 Å². The predicted octanol–water partition coefficient (Wildman–Crippen LogP) is 3.22. The van der Waals surface area contributed by atoms with Crippen molar-refractivity contribution in [1.29, 1.82) is 0 Å². The van der Waals surface area contributed by atoms with Crippen LogP contribution in [0.3, 0.4) is 0 Å². The fourth-order valence-electron chi connectivity index (χ4n) is 2.98. The highest BCUT2D eigenvalue weighted by Crippen LogP contribution is 2.24. The summed E-state index contributed by atoms with van der Waals surface area (Å²) in [4.78, 5) is 19.9. The summed E-state index contributed by atoms with van der Waals surface area (Å²) in [6.45, 7) is 5.71. The molecule has 1 amide bonds. The standard InChI is InChI=1S/C21H22N4O4S/c1-14-11-15(2)20(16(3)12-14)29-13-19(26)24-17-5-7-18(8-6-17)30(27,28)25-21-22-9-4-10-23-21/h4-12H,13H2,1-3H3,(H,24,26)(H,22,23,25). The van der Waals surface area contributed by atoms with Gasteiger partial charge in [-0.15, -0.1) is 0 Å². The van der Waals surface area contributed by atoms with Crippen LogP contribution in [0.5, 0.6) is 5.75 Å². The molecule has 0 radical (unpaired) electrons. The molecule has 0 bridgehead atoms. The van der Waals surface area contributed by atoms with Crippen LogP contribution >= 0.6 is 0 Å². The molecule has 0 saturated heterocycles. The molecule has 0 aliphatic rings. The molecule has 3 rings (SSSR count). The highest BCUT2D eigenvalue weighted by atomic mass is 32.2. The van der Waals surface area contributed by atoms with Gasteiger partial charge < -0.3 is 10.1 Å². The summed E-state index contributed by atoms with van der Waals surface area (Å²) < 4.78 is 32.7. The van der Waals surface area contributed by atoms with E-state index in [4.69, 9.17) is 4.74 Å². The molecule has 0 atom stereocenters. The Hall–Kier alpha value is -3.46. The number of nitrogens with zero attached hydrogens (tertiary/aromatic N) is 2. The Morgan fingerprint density at radius 3 is 2.20 bits per heavy atom. The van der Waals surface area contributed by atoms with E-state index in [1.54, 1.807) is 6.07 Å². The summed E-state index contributed by atoms with van der Waals surface area (Å²) >= 11 is 0. The highest BCUT2D eigenvalue weighted by Gasteiger charge is 2.16. The molecule has 0 aliphatic carbocycles. The molecule has 9 heteroatoms. The third-order valence-electron chi connectivity index (χ3n) is 4.19. The first-order valence-electron chi connectivity index (χ1n) is 9.15. The molecular formula is C21H22N4O4S. The summed E-state index contributed by atoms with van der Waals surface area (Å²) in [7, 11) is -3.83. The fourth-order valence-corrected chi connectivity index (χ4v) is 3.94. The number of benzene rings is 2. The molecule has 0 saturated carbocycles. The number of amides is 1. The monoisotopic (exact) mass is 426 g/mol. The van der Waals surface area contributed by atoms with Crippen LogP contribution in [0.1, 0.15) is 16.7 Å². The summed E-state index contributed by atoms with van der Waals surface area (Å²) in [5.74, 6) is 0.320. The zero-order valence-electron chi connectivity index (χ0n) is 16.8. The Morgan fingerprint density at radius 2 is 1.60 bits per heavy atom. The summed E-state index contributed by atoms with van der Waals surface area (Å²) in [5, 5.41) is 2.69. The van der Waals surface area contributed by atoms with E-state index in [9.17, 15) is 13.2 Å². The maximum absolute atomic E-state index is 12.4. The minimum Gasteiger partial charge on any atom is -0.483 e. The van der Waals surface area contributed by atoms with Crippen LogP contribution in [0.15, 0.2) is 59.8 Å². The van der Waals surface area contributed by atoms with Gasteiger partial charge in [0.25, 0.3) is 15.9 Å². The van der Waals surface area contributed by atoms with Gasteiger partial charge in [-0.3, -0.25) is 4.79 Å². The number of nitrogens with one attached hydrogen (secondary N) is 2. The molecule has 1 heterocycles. The Balaban J connectivity index is 1.61. The van der Waals surface area contributed by atoms with Crippen molar-refractivity contribution in [2.45, 2.75) is 25.7 Å². The van der Waals surface area contributed by atoms with Crippen molar-refractivity contribution in [3.05, 3.63) is 71.5 Å². The van der Waals surface area contributed by atoms with Gasteiger partial charge in [-0.05, 0) is 62.2 Å². The van der Waals surface area contributed by atoms with Crippen molar-refractivity contribution in [2.24, 2.45) is 0 Å². The van der Waals surface area contributed by atoms with Gasteiger partial charge in [0.15, 0.2) is 6.61 Å². The fraction of sp³-hybridized carbons (Fsp3) is 0.190. The van der Waals surface area contributed by atoms with Crippen molar-refractivity contribution in [2.75, 3.05) is 16.6 Å². The van der Waals surface area contributed by atoms with Gasteiger partial charge >= 0.3 is 0 Å². The third-order valence-corrected chi connectivity index (χ3v) is 5.54. The summed E-state index contributed by atoms with van der Waals surface area (Å²) in [5.41, 5.74) is 3.51. The molecule has 0 spiro atoms. The Bertz CT molecular complexity index is 1120. The molecule has 1 aromatic heterocycles. The van der Waals surface area contributed by atoms with E-state index < -0.39 is 10.0 Å². The molecule has 30 heavy (non-hydrogen) atoms. The molecule has 3 aromatic rings. The van der Waals surface area contributed by atoms with Gasteiger partial charge in [-0.25, -0.2) is 23.1 Å². The Labute approximate surface area is 175 Å². The average Bonchev–Trinajstić information content (AvgIpc) is 2.68. The number of sulfonamides is 1. The largest absolute Gasteiger partial charge is 0.483 e. The SMILES string of the molecule is Cc1cc(C)c(OCC(=O)Nc2ccc(S(=O)(=O)Nc3ncccn3)cc2)c(C)c1. The zero-order valence-corrected chi connectivity index (χ0v) is 17.7. The number of rotatable bonds is 7. The lowest BCUT2D eigenvalue weighted by molar-refractivity contribution is -0.118. The third kappa shape index (κ3) is 5.32. The number of carbonyl (C=O) groups excluding carboxylic acids is 1. The highest BCUT2D eigenvalue weighted by molar-refractivity contribution is 7.92. The maximum atomic E-state index is 12.4. The van der Waals surface area contributed by atoms with E-state index in [-0.39, 0.29) is 23.4 Å². The van der Waals surface area contributed by atoms with Crippen LogP contribution in [0, 0.1) is 20.8 Å². The lowest BCUT2D eigenvalue weighted by Gasteiger charge is -2.13. The van der Waals surface area contributed by atoms with Gasteiger partial charge in [-0.2, -0.15) is 0 Å². The van der Waals surface area contributed by atoms with Gasteiger partial charge in [0.2, 0.25) is 5.95 Å². The lowest BCUT2D eigenvalue weighted by atomic mass is 10.1. The van der Waals surface area contributed by atoms with E-state index in [1.807, 2.05) is 32.9 Å². The van der Waals surface area contributed by atoms with E-state index >= 15 is 0 Å².